The fraction of sp³-hybridized carbons (Fsp3) is 0.571. The topological polar surface area (TPSA) is 92.4 Å². The Morgan fingerprint density at radius 2 is 1.85 bits per heavy atom. The van der Waals surface area contributed by atoms with Crippen LogP contribution in [0, 0.1) is 5.92 Å². The molecule has 0 fully saturated rings. The Morgan fingerprint density at radius 3 is 2.35 bits per heavy atom. The molecule has 0 aliphatic carbocycles. The molecule has 6 heteroatoms. The van der Waals surface area contributed by atoms with Gasteiger partial charge in [0.2, 0.25) is 10.0 Å². The van der Waals surface area contributed by atoms with Crippen LogP contribution in [0.5, 0.6) is 0 Å². The zero-order chi connectivity index (χ0) is 15.2. The molecule has 0 aliphatic rings. The Kier molecular flexibility index (Phi) is 6.61. The van der Waals surface area contributed by atoms with Crippen molar-refractivity contribution >= 4 is 10.0 Å². The Morgan fingerprint density at radius 1 is 1.25 bits per heavy atom. The lowest BCUT2D eigenvalue weighted by Gasteiger charge is -2.15. The number of hydrogen-bond acceptors (Lipinski definition) is 4. The van der Waals surface area contributed by atoms with Crippen LogP contribution in [0.1, 0.15) is 38.3 Å². The molecule has 20 heavy (non-hydrogen) atoms. The number of nitrogens with two attached hydrogens (primary N) is 1. The highest BCUT2D eigenvalue weighted by Gasteiger charge is 2.09. The van der Waals surface area contributed by atoms with Crippen LogP contribution in [0.4, 0.5) is 0 Å². The second-order valence-corrected chi connectivity index (χ2v) is 6.78. The van der Waals surface area contributed by atoms with Crippen molar-refractivity contribution in [3.63, 3.8) is 0 Å². The highest BCUT2D eigenvalue weighted by Crippen LogP contribution is 2.15. The fourth-order valence-electron chi connectivity index (χ4n) is 1.92. The van der Waals surface area contributed by atoms with Crippen molar-refractivity contribution in [3.8, 4) is 0 Å². The van der Waals surface area contributed by atoms with E-state index < -0.39 is 10.0 Å². The summed E-state index contributed by atoms with van der Waals surface area (Å²) in [7, 11) is -3.62. The van der Waals surface area contributed by atoms with Crippen molar-refractivity contribution in [2.24, 2.45) is 11.1 Å². The van der Waals surface area contributed by atoms with Gasteiger partial charge in [-0.15, -0.1) is 0 Å². The number of sulfonamides is 1. The fourth-order valence-corrected chi connectivity index (χ4v) is 2.44. The molecule has 0 spiro atoms. The van der Waals surface area contributed by atoms with Gasteiger partial charge in [-0.05, 0) is 49.9 Å². The third-order valence-corrected chi connectivity index (χ3v) is 4.27. The molecule has 4 N–H and O–H groups in total. The predicted octanol–water partition coefficient (Wildman–Crippen LogP) is 1.39. The van der Waals surface area contributed by atoms with Crippen LogP contribution in [0.25, 0.3) is 0 Å². The molecule has 2 unspecified atom stereocenters. The Bertz CT molecular complexity index is 500. The van der Waals surface area contributed by atoms with Gasteiger partial charge in [0.05, 0.1) is 4.90 Å². The molecular weight excluding hydrogens is 276 g/mol. The first-order valence-electron chi connectivity index (χ1n) is 6.81. The number of benzene rings is 1. The molecule has 0 heterocycles. The maximum Gasteiger partial charge on any atom is 0.238 e. The molecule has 0 aliphatic heterocycles. The molecule has 0 saturated carbocycles. The minimum absolute atomic E-state index is 0.130. The van der Waals surface area contributed by atoms with Crippen LogP contribution in [-0.4, -0.2) is 26.7 Å². The van der Waals surface area contributed by atoms with E-state index in [9.17, 15) is 8.42 Å². The summed E-state index contributed by atoms with van der Waals surface area (Å²) >= 11 is 0. The van der Waals surface area contributed by atoms with Gasteiger partial charge in [0.25, 0.3) is 0 Å². The third-order valence-electron chi connectivity index (χ3n) is 3.34. The Balaban J connectivity index is 2.46. The van der Waals surface area contributed by atoms with E-state index in [4.69, 9.17) is 10.2 Å². The highest BCUT2D eigenvalue weighted by molar-refractivity contribution is 7.89. The van der Waals surface area contributed by atoms with Gasteiger partial charge in [-0.3, -0.25) is 0 Å². The normalized spacial score (nSPS) is 15.0. The molecule has 0 bridgehead atoms. The average Bonchev–Trinajstić information content (AvgIpc) is 2.42. The second-order valence-electron chi connectivity index (χ2n) is 5.22. The maximum absolute atomic E-state index is 11.2. The summed E-state index contributed by atoms with van der Waals surface area (Å²) in [6, 6.07) is 6.74. The summed E-state index contributed by atoms with van der Waals surface area (Å²) in [5.41, 5.74) is 1.02. The van der Waals surface area contributed by atoms with Crippen LogP contribution in [0.3, 0.4) is 0 Å². The quantitative estimate of drug-likeness (QED) is 0.633. The first-order valence-corrected chi connectivity index (χ1v) is 8.36. The van der Waals surface area contributed by atoms with Gasteiger partial charge in [0.15, 0.2) is 0 Å². The van der Waals surface area contributed by atoms with Gasteiger partial charge in [0, 0.05) is 12.6 Å². The predicted molar refractivity (Wildman–Crippen MR) is 79.7 cm³/mol. The largest absolute Gasteiger partial charge is 0.396 e. The summed E-state index contributed by atoms with van der Waals surface area (Å²) < 4.78 is 22.3. The minimum Gasteiger partial charge on any atom is -0.396 e. The molecular formula is C14H24N2O3S. The van der Waals surface area contributed by atoms with E-state index in [2.05, 4.69) is 5.32 Å². The van der Waals surface area contributed by atoms with Gasteiger partial charge >= 0.3 is 0 Å². The minimum atomic E-state index is -3.62. The van der Waals surface area contributed by atoms with Crippen LogP contribution < -0.4 is 10.5 Å². The van der Waals surface area contributed by atoms with Crippen LogP contribution in [-0.2, 0) is 10.0 Å². The number of rotatable bonds is 8. The van der Waals surface area contributed by atoms with E-state index in [0.29, 0.717) is 5.92 Å². The first-order chi connectivity index (χ1) is 9.34. The third kappa shape index (κ3) is 5.58. The van der Waals surface area contributed by atoms with Crippen molar-refractivity contribution in [1.29, 1.82) is 0 Å². The molecule has 1 rings (SSSR count). The van der Waals surface area contributed by atoms with Gasteiger partial charge in [-0.25, -0.2) is 13.6 Å². The van der Waals surface area contributed by atoms with Gasteiger partial charge in [0.1, 0.15) is 0 Å². The van der Waals surface area contributed by atoms with Crippen LogP contribution in [0.2, 0.25) is 0 Å². The van der Waals surface area contributed by atoms with Crippen molar-refractivity contribution in [2.45, 2.75) is 37.6 Å². The number of aliphatic hydroxyl groups is 1. The zero-order valence-electron chi connectivity index (χ0n) is 12.0. The smallest absolute Gasteiger partial charge is 0.238 e. The van der Waals surface area contributed by atoms with Crippen LogP contribution >= 0.6 is 0 Å². The molecule has 2 atom stereocenters. The standard InChI is InChI=1S/C14H24N2O3S/c1-11(10-17)4-3-9-16-12(2)13-5-7-14(8-6-13)20(15,18)19/h5-8,11-12,16-17H,3-4,9-10H2,1-2H3,(H2,15,18,19). The molecule has 0 radical (unpaired) electrons. The van der Waals surface area contributed by atoms with E-state index >= 15 is 0 Å². The van der Waals surface area contributed by atoms with E-state index in [1.54, 1.807) is 12.1 Å². The van der Waals surface area contributed by atoms with E-state index in [1.807, 2.05) is 13.8 Å². The monoisotopic (exact) mass is 300 g/mol. The number of aliphatic hydroxyl groups excluding tert-OH is 1. The SMILES string of the molecule is CC(CO)CCCNC(C)c1ccc(S(N)(=O)=O)cc1. The molecule has 114 valence electrons. The number of primary sulfonamides is 1. The van der Waals surface area contributed by atoms with Gasteiger partial charge < -0.3 is 10.4 Å². The van der Waals surface area contributed by atoms with Crippen LogP contribution in [0.15, 0.2) is 29.2 Å². The highest BCUT2D eigenvalue weighted by atomic mass is 32.2. The molecule has 5 nitrogen and oxygen atoms in total. The first kappa shape index (κ1) is 17.1. The summed E-state index contributed by atoms with van der Waals surface area (Å²) in [5, 5.41) is 17.4. The summed E-state index contributed by atoms with van der Waals surface area (Å²) in [6.07, 6.45) is 1.99. The average molecular weight is 300 g/mol. The zero-order valence-corrected chi connectivity index (χ0v) is 12.9. The Hall–Kier alpha value is -0.950. The van der Waals surface area contributed by atoms with E-state index in [1.165, 1.54) is 12.1 Å². The summed E-state index contributed by atoms with van der Waals surface area (Å²) in [4.78, 5) is 0.130. The second kappa shape index (κ2) is 7.73. The van der Waals surface area contributed by atoms with Crippen molar-refractivity contribution in [3.05, 3.63) is 29.8 Å². The molecule has 1 aromatic carbocycles. The lowest BCUT2D eigenvalue weighted by molar-refractivity contribution is 0.227. The maximum atomic E-state index is 11.2. The van der Waals surface area contributed by atoms with Crippen molar-refractivity contribution in [1.82, 2.24) is 5.32 Å². The van der Waals surface area contributed by atoms with E-state index in [0.717, 1.165) is 24.9 Å². The van der Waals surface area contributed by atoms with Crippen molar-refractivity contribution < 1.29 is 13.5 Å². The summed E-state index contributed by atoms with van der Waals surface area (Å²) in [5.74, 6) is 0.334. The van der Waals surface area contributed by atoms with Gasteiger partial charge in [-0.1, -0.05) is 19.1 Å². The number of hydrogen-bond donors (Lipinski definition) is 3. The van der Waals surface area contributed by atoms with Crippen molar-refractivity contribution in [2.75, 3.05) is 13.2 Å². The molecule has 1 aromatic rings. The molecule has 0 aromatic heterocycles. The molecule has 0 saturated heterocycles. The Labute approximate surface area is 121 Å². The number of nitrogens with one attached hydrogen (secondary N) is 1. The lowest BCUT2D eigenvalue weighted by Crippen LogP contribution is -2.20. The van der Waals surface area contributed by atoms with Gasteiger partial charge in [-0.2, -0.15) is 0 Å². The molecule has 0 amide bonds. The lowest BCUT2D eigenvalue weighted by atomic mass is 10.1. The van der Waals surface area contributed by atoms with E-state index in [-0.39, 0.29) is 17.5 Å². The summed E-state index contributed by atoms with van der Waals surface area (Å²) in [6.45, 7) is 5.14.